The molecule has 0 rings (SSSR count). The van der Waals surface area contributed by atoms with Crippen molar-refractivity contribution in [3.63, 3.8) is 0 Å². The molecular formula is C5H11O2+. The fourth-order valence-electron chi connectivity index (χ4n) is 0.246. The van der Waals surface area contributed by atoms with Gasteiger partial charge in [-0.05, 0) is 6.92 Å². The maximum atomic E-state index is 10.1. The molecule has 0 aromatic carbocycles. The van der Waals surface area contributed by atoms with E-state index in [0.29, 0.717) is 13.0 Å². The Kier molecular flexibility index (Phi) is 3.61. The van der Waals surface area contributed by atoms with E-state index in [2.05, 4.69) is 4.74 Å². The Labute approximate surface area is 45.0 Å². The number of ketones is 1. The highest BCUT2D eigenvalue weighted by atomic mass is 16.5. The van der Waals surface area contributed by atoms with Crippen molar-refractivity contribution in [1.82, 2.24) is 0 Å². The summed E-state index contributed by atoms with van der Waals surface area (Å²) in [5.74, 6) is 0.182. The van der Waals surface area contributed by atoms with Crippen LogP contribution >= 0.6 is 0 Å². The van der Waals surface area contributed by atoms with Gasteiger partial charge >= 0.3 is 1.43 Å². The van der Waals surface area contributed by atoms with E-state index in [-0.39, 0.29) is 7.21 Å². The van der Waals surface area contributed by atoms with E-state index >= 15 is 0 Å². The van der Waals surface area contributed by atoms with Crippen LogP contribution in [-0.4, -0.2) is 19.5 Å². The van der Waals surface area contributed by atoms with Crippen LogP contribution in [0.1, 0.15) is 14.8 Å². The van der Waals surface area contributed by atoms with Crippen molar-refractivity contribution in [3.8, 4) is 0 Å². The van der Waals surface area contributed by atoms with E-state index in [1.54, 1.807) is 14.0 Å². The van der Waals surface area contributed by atoms with Crippen molar-refractivity contribution >= 4 is 5.78 Å². The van der Waals surface area contributed by atoms with Crippen molar-refractivity contribution in [1.29, 1.82) is 0 Å². The Morgan fingerprint density at radius 1 is 1.86 bits per heavy atom. The van der Waals surface area contributed by atoms with Crippen molar-refractivity contribution < 1.29 is 11.0 Å². The molecule has 0 aliphatic rings. The van der Waals surface area contributed by atoms with E-state index in [1.807, 2.05) is 0 Å². The maximum Gasteiger partial charge on any atom is 1.00 e. The summed E-state index contributed by atoms with van der Waals surface area (Å²) in [7, 11) is 1.59. The highest BCUT2D eigenvalue weighted by molar-refractivity contribution is 5.75. The first-order valence-corrected chi connectivity index (χ1v) is 2.25. The van der Waals surface area contributed by atoms with Gasteiger partial charge in [0.2, 0.25) is 0 Å². The van der Waals surface area contributed by atoms with Gasteiger partial charge in [0.05, 0.1) is 6.61 Å². The molecule has 42 valence electrons. The molecule has 0 fully saturated rings. The van der Waals surface area contributed by atoms with Crippen LogP contribution in [0.15, 0.2) is 0 Å². The third-order valence-electron chi connectivity index (χ3n) is 0.658. The molecule has 0 aliphatic heterocycles. The minimum absolute atomic E-state index is 0. The second kappa shape index (κ2) is 3.81. The van der Waals surface area contributed by atoms with Gasteiger partial charge in [0.15, 0.2) is 0 Å². The van der Waals surface area contributed by atoms with E-state index in [1.165, 1.54) is 0 Å². The molecule has 0 saturated heterocycles. The van der Waals surface area contributed by atoms with Crippen molar-refractivity contribution in [2.45, 2.75) is 13.3 Å². The molecule has 0 aromatic rings. The smallest absolute Gasteiger partial charge is 0.384 e. The predicted octanol–water partition coefficient (Wildman–Crippen LogP) is 0.724. The Balaban J connectivity index is 0. The Bertz CT molecular complexity index is 63.4. The molecule has 0 atom stereocenters. The number of carbonyl (C=O) groups excluding carboxylic acids is 1. The normalized spacial score (nSPS) is 8.86. The Morgan fingerprint density at radius 3 is 2.57 bits per heavy atom. The molecule has 0 unspecified atom stereocenters. The zero-order valence-electron chi connectivity index (χ0n) is 5.73. The maximum absolute atomic E-state index is 10.1. The van der Waals surface area contributed by atoms with Crippen LogP contribution < -0.4 is 0 Å². The second-order valence-corrected chi connectivity index (χ2v) is 1.44. The lowest BCUT2D eigenvalue weighted by Crippen LogP contribution is -1.95. The van der Waals surface area contributed by atoms with Crippen LogP contribution in [0.4, 0.5) is 0 Å². The molecule has 0 aromatic heterocycles. The van der Waals surface area contributed by atoms with Gasteiger partial charge in [0, 0.05) is 13.5 Å². The summed E-state index contributed by atoms with van der Waals surface area (Å²) in [6.07, 6.45) is 0.538. The highest BCUT2D eigenvalue weighted by Crippen LogP contribution is 1.79. The molecule has 2 heteroatoms. The molecule has 0 spiro atoms. The molecular weight excluding hydrogens is 92.1 g/mol. The van der Waals surface area contributed by atoms with E-state index < -0.39 is 0 Å². The molecule has 0 aliphatic carbocycles. The van der Waals surface area contributed by atoms with Crippen molar-refractivity contribution in [2.24, 2.45) is 0 Å². The Morgan fingerprint density at radius 2 is 2.43 bits per heavy atom. The number of methoxy groups -OCH3 is 1. The molecule has 7 heavy (non-hydrogen) atoms. The zero-order valence-corrected chi connectivity index (χ0v) is 4.73. The minimum Gasteiger partial charge on any atom is -0.384 e. The topological polar surface area (TPSA) is 26.3 Å². The quantitative estimate of drug-likeness (QED) is 0.526. The molecule has 0 radical (unpaired) electrons. The lowest BCUT2D eigenvalue weighted by molar-refractivity contribution is -0.117. The van der Waals surface area contributed by atoms with Crippen LogP contribution in [-0.2, 0) is 9.53 Å². The summed E-state index contributed by atoms with van der Waals surface area (Å²) in [6.45, 7) is 2.11. The molecule has 0 N–H and O–H groups in total. The van der Waals surface area contributed by atoms with E-state index in [9.17, 15) is 4.79 Å². The van der Waals surface area contributed by atoms with Gasteiger partial charge in [0.1, 0.15) is 5.78 Å². The van der Waals surface area contributed by atoms with Gasteiger partial charge in [-0.15, -0.1) is 0 Å². The van der Waals surface area contributed by atoms with Crippen molar-refractivity contribution in [3.05, 3.63) is 0 Å². The number of hydrogen-bond donors (Lipinski definition) is 0. The standard InChI is InChI=1S/C5H10O2/c1-5(6)3-4-7-2/h3-4H2,1-2H3/p+1. The minimum atomic E-state index is 0. The van der Waals surface area contributed by atoms with Crippen LogP contribution in [0.5, 0.6) is 0 Å². The summed E-state index contributed by atoms with van der Waals surface area (Å²) >= 11 is 0. The summed E-state index contributed by atoms with van der Waals surface area (Å²) in [5, 5.41) is 0. The lowest BCUT2D eigenvalue weighted by Gasteiger charge is -1.89. The molecule has 2 nitrogen and oxygen atoms in total. The van der Waals surface area contributed by atoms with Gasteiger partial charge in [-0.2, -0.15) is 0 Å². The third-order valence-corrected chi connectivity index (χ3v) is 0.658. The predicted molar refractivity (Wildman–Crippen MR) is 28.3 cm³/mol. The third kappa shape index (κ3) is 5.63. The van der Waals surface area contributed by atoms with Crippen molar-refractivity contribution in [2.75, 3.05) is 13.7 Å². The first kappa shape index (κ1) is 6.63. The highest BCUT2D eigenvalue weighted by Gasteiger charge is 1.87. The average molecular weight is 103 g/mol. The largest absolute Gasteiger partial charge is 1.00 e. The average Bonchev–Trinajstić information content (AvgIpc) is 1.61. The first-order chi connectivity index (χ1) is 3.27. The fourth-order valence-corrected chi connectivity index (χ4v) is 0.246. The van der Waals surface area contributed by atoms with Gasteiger partial charge < -0.3 is 4.74 Å². The number of carbonyl (C=O) groups is 1. The molecule has 0 amide bonds. The van der Waals surface area contributed by atoms with Gasteiger partial charge in [-0.3, -0.25) is 4.79 Å². The first-order valence-electron chi connectivity index (χ1n) is 2.25. The Hall–Kier alpha value is -0.370. The monoisotopic (exact) mass is 103 g/mol. The van der Waals surface area contributed by atoms with Crippen LogP contribution in [0.3, 0.4) is 0 Å². The summed E-state index contributed by atoms with van der Waals surface area (Å²) < 4.78 is 4.63. The number of hydrogen-bond acceptors (Lipinski definition) is 2. The second-order valence-electron chi connectivity index (χ2n) is 1.44. The van der Waals surface area contributed by atoms with Crippen LogP contribution in [0, 0.1) is 0 Å². The fraction of sp³-hybridized carbons (Fsp3) is 0.800. The molecule has 0 heterocycles. The lowest BCUT2D eigenvalue weighted by atomic mass is 10.3. The number of ether oxygens (including phenoxy) is 1. The summed E-state index contributed by atoms with van der Waals surface area (Å²) in [4.78, 5) is 10.1. The SMILES string of the molecule is COCCC(C)=O.[H+]. The van der Waals surface area contributed by atoms with E-state index in [4.69, 9.17) is 0 Å². The summed E-state index contributed by atoms with van der Waals surface area (Å²) in [5.41, 5.74) is 0. The number of Topliss-reactive ketones (excluding diaryl/α,β-unsaturated/α-hetero) is 1. The van der Waals surface area contributed by atoms with Gasteiger partial charge in [-0.25, -0.2) is 0 Å². The zero-order chi connectivity index (χ0) is 5.70. The van der Waals surface area contributed by atoms with Gasteiger partial charge in [-0.1, -0.05) is 0 Å². The van der Waals surface area contributed by atoms with Crippen LogP contribution in [0.2, 0.25) is 0 Å². The summed E-state index contributed by atoms with van der Waals surface area (Å²) in [6, 6.07) is 0. The molecule has 0 bridgehead atoms. The van der Waals surface area contributed by atoms with E-state index in [0.717, 1.165) is 0 Å². The van der Waals surface area contributed by atoms with Gasteiger partial charge in [0.25, 0.3) is 0 Å². The molecule has 0 saturated carbocycles. The number of rotatable bonds is 3. The van der Waals surface area contributed by atoms with Crippen LogP contribution in [0.25, 0.3) is 0 Å².